The van der Waals surface area contributed by atoms with Crippen molar-refractivity contribution in [2.75, 3.05) is 0 Å². The molecule has 2 atom stereocenters. The molecule has 2 nitrogen and oxygen atoms in total. The highest BCUT2D eigenvalue weighted by atomic mass is 79.9. The van der Waals surface area contributed by atoms with Crippen LogP contribution in [0.3, 0.4) is 0 Å². The summed E-state index contributed by atoms with van der Waals surface area (Å²) in [5.74, 6) is -0.332. The Morgan fingerprint density at radius 3 is 2.94 bits per heavy atom. The number of nitrogens with one attached hydrogen (secondary N) is 1. The van der Waals surface area contributed by atoms with Gasteiger partial charge in [0.25, 0.3) is 0 Å². The van der Waals surface area contributed by atoms with Crippen molar-refractivity contribution in [2.45, 2.75) is 36.6 Å². The van der Waals surface area contributed by atoms with Crippen molar-refractivity contribution in [3.63, 3.8) is 0 Å². The normalized spacial score (nSPS) is 23.6. The first-order valence-corrected chi connectivity index (χ1v) is 6.74. The van der Waals surface area contributed by atoms with E-state index in [9.17, 15) is 9.18 Å². The van der Waals surface area contributed by atoms with Crippen molar-refractivity contribution in [2.24, 2.45) is 0 Å². The maximum atomic E-state index is 12.9. The Morgan fingerprint density at radius 1 is 1.47 bits per heavy atom. The van der Waals surface area contributed by atoms with Gasteiger partial charge in [-0.2, -0.15) is 0 Å². The lowest BCUT2D eigenvalue weighted by Crippen LogP contribution is -2.38. The topological polar surface area (TPSA) is 29.1 Å². The van der Waals surface area contributed by atoms with Gasteiger partial charge < -0.3 is 5.32 Å². The van der Waals surface area contributed by atoms with Crippen molar-refractivity contribution in [3.8, 4) is 0 Å². The second kappa shape index (κ2) is 5.63. The number of alkyl halides is 1. The molecule has 0 heterocycles. The van der Waals surface area contributed by atoms with Crippen LogP contribution in [0.1, 0.15) is 24.8 Å². The van der Waals surface area contributed by atoms with E-state index in [2.05, 4.69) is 21.2 Å². The van der Waals surface area contributed by atoms with Gasteiger partial charge in [0.1, 0.15) is 5.82 Å². The molecule has 1 aromatic rings. The van der Waals surface area contributed by atoms with Crippen LogP contribution in [-0.4, -0.2) is 16.8 Å². The molecule has 4 heteroatoms. The average molecular weight is 300 g/mol. The summed E-state index contributed by atoms with van der Waals surface area (Å²) in [4.78, 5) is 12.1. The molecule has 1 saturated carbocycles. The van der Waals surface area contributed by atoms with Crippen LogP contribution in [0.2, 0.25) is 0 Å². The summed E-state index contributed by atoms with van der Waals surface area (Å²) in [5.41, 5.74) is 0.714. The molecule has 1 aromatic carbocycles. The SMILES string of the molecule is O=C(Cc1cccc(F)c1)NC1CCCC1Br. The van der Waals surface area contributed by atoms with Crippen LogP contribution in [0.5, 0.6) is 0 Å². The molecular formula is C13H15BrFNO. The van der Waals surface area contributed by atoms with Crippen molar-refractivity contribution in [1.29, 1.82) is 0 Å². The van der Waals surface area contributed by atoms with Gasteiger partial charge in [-0.15, -0.1) is 0 Å². The number of rotatable bonds is 3. The Kier molecular flexibility index (Phi) is 4.15. The summed E-state index contributed by atoms with van der Waals surface area (Å²) in [6.07, 6.45) is 3.50. The van der Waals surface area contributed by atoms with E-state index < -0.39 is 0 Å². The largest absolute Gasteiger partial charge is 0.352 e. The van der Waals surface area contributed by atoms with Crippen molar-refractivity contribution in [1.82, 2.24) is 5.32 Å². The third kappa shape index (κ3) is 3.53. The Labute approximate surface area is 109 Å². The highest BCUT2D eigenvalue weighted by Gasteiger charge is 2.25. The summed E-state index contributed by atoms with van der Waals surface area (Å²) in [5, 5.41) is 2.99. The second-order valence-electron chi connectivity index (χ2n) is 4.43. The molecule has 0 aromatic heterocycles. The molecule has 17 heavy (non-hydrogen) atoms. The highest BCUT2D eigenvalue weighted by Crippen LogP contribution is 2.25. The van der Waals surface area contributed by atoms with E-state index in [1.807, 2.05) is 0 Å². The molecule has 0 bridgehead atoms. The molecule has 1 fully saturated rings. The average Bonchev–Trinajstić information content (AvgIpc) is 2.64. The molecule has 1 aliphatic carbocycles. The van der Waals surface area contributed by atoms with E-state index in [1.54, 1.807) is 12.1 Å². The zero-order valence-corrected chi connectivity index (χ0v) is 11.0. The second-order valence-corrected chi connectivity index (χ2v) is 5.60. The van der Waals surface area contributed by atoms with Gasteiger partial charge in [0.2, 0.25) is 5.91 Å². The van der Waals surface area contributed by atoms with Crippen molar-refractivity contribution < 1.29 is 9.18 Å². The van der Waals surface area contributed by atoms with Crippen LogP contribution in [-0.2, 0) is 11.2 Å². The van der Waals surface area contributed by atoms with Crippen LogP contribution >= 0.6 is 15.9 Å². The van der Waals surface area contributed by atoms with E-state index in [4.69, 9.17) is 0 Å². The lowest BCUT2D eigenvalue weighted by molar-refractivity contribution is -0.121. The molecule has 0 saturated heterocycles. The summed E-state index contributed by atoms with van der Waals surface area (Å²) in [6, 6.07) is 6.40. The molecule has 1 aliphatic rings. The summed E-state index contributed by atoms with van der Waals surface area (Å²) in [6.45, 7) is 0. The van der Waals surface area contributed by atoms with Gasteiger partial charge in [-0.1, -0.05) is 34.5 Å². The smallest absolute Gasteiger partial charge is 0.224 e. The number of benzene rings is 1. The first-order chi connectivity index (χ1) is 8.15. The summed E-state index contributed by atoms with van der Waals surface area (Å²) in [7, 11) is 0. The standard InChI is InChI=1S/C13H15BrFNO/c14-11-5-2-6-12(11)16-13(17)8-9-3-1-4-10(15)7-9/h1,3-4,7,11-12H,2,5-6,8H2,(H,16,17). The third-order valence-electron chi connectivity index (χ3n) is 3.03. The predicted molar refractivity (Wildman–Crippen MR) is 68.6 cm³/mol. The molecule has 92 valence electrons. The number of amides is 1. The number of halogens is 2. The molecule has 1 N–H and O–H groups in total. The lowest BCUT2D eigenvalue weighted by atomic mass is 10.1. The van der Waals surface area contributed by atoms with E-state index in [0.29, 0.717) is 10.4 Å². The summed E-state index contributed by atoms with van der Waals surface area (Å²) >= 11 is 3.56. The molecule has 1 amide bonds. The number of carbonyl (C=O) groups excluding carboxylic acids is 1. The summed E-state index contributed by atoms with van der Waals surface area (Å²) < 4.78 is 12.9. The minimum Gasteiger partial charge on any atom is -0.352 e. The van der Waals surface area contributed by atoms with Gasteiger partial charge in [0.15, 0.2) is 0 Å². The Bertz CT molecular complexity index is 410. The van der Waals surface area contributed by atoms with Gasteiger partial charge >= 0.3 is 0 Å². The molecule has 0 radical (unpaired) electrons. The minimum atomic E-state index is -0.297. The zero-order valence-electron chi connectivity index (χ0n) is 9.46. The first kappa shape index (κ1) is 12.6. The van der Waals surface area contributed by atoms with E-state index in [-0.39, 0.29) is 24.2 Å². The maximum Gasteiger partial charge on any atom is 0.224 e. The Hall–Kier alpha value is -0.900. The number of hydrogen-bond acceptors (Lipinski definition) is 1. The molecular weight excluding hydrogens is 285 g/mol. The van der Waals surface area contributed by atoms with Crippen LogP contribution < -0.4 is 5.32 Å². The van der Waals surface area contributed by atoms with Gasteiger partial charge in [0.05, 0.1) is 6.42 Å². The van der Waals surface area contributed by atoms with Gasteiger partial charge in [-0.25, -0.2) is 4.39 Å². The molecule has 2 unspecified atom stereocenters. The fourth-order valence-electron chi connectivity index (χ4n) is 2.17. The van der Waals surface area contributed by atoms with E-state index in [1.165, 1.54) is 12.1 Å². The Morgan fingerprint density at radius 2 is 2.29 bits per heavy atom. The highest BCUT2D eigenvalue weighted by molar-refractivity contribution is 9.09. The molecule has 0 aliphatic heterocycles. The van der Waals surface area contributed by atoms with Crippen LogP contribution in [0.4, 0.5) is 4.39 Å². The predicted octanol–water partition coefficient (Wildman–Crippen LogP) is 2.80. The molecule has 2 rings (SSSR count). The van der Waals surface area contributed by atoms with E-state index >= 15 is 0 Å². The zero-order chi connectivity index (χ0) is 12.3. The van der Waals surface area contributed by atoms with Crippen molar-refractivity contribution in [3.05, 3.63) is 35.6 Å². The third-order valence-corrected chi connectivity index (χ3v) is 4.13. The van der Waals surface area contributed by atoms with Crippen LogP contribution in [0.25, 0.3) is 0 Å². The first-order valence-electron chi connectivity index (χ1n) is 5.83. The number of carbonyl (C=O) groups is 1. The van der Waals surface area contributed by atoms with Crippen LogP contribution in [0.15, 0.2) is 24.3 Å². The molecule has 0 spiro atoms. The van der Waals surface area contributed by atoms with Gasteiger partial charge in [0, 0.05) is 10.9 Å². The minimum absolute atomic E-state index is 0.0352. The van der Waals surface area contributed by atoms with Gasteiger partial charge in [-0.05, 0) is 30.5 Å². The number of hydrogen-bond donors (Lipinski definition) is 1. The van der Waals surface area contributed by atoms with Crippen molar-refractivity contribution >= 4 is 21.8 Å². The van der Waals surface area contributed by atoms with E-state index in [0.717, 1.165) is 19.3 Å². The maximum absolute atomic E-state index is 12.9. The Balaban J connectivity index is 1.89. The van der Waals surface area contributed by atoms with Crippen LogP contribution in [0, 0.1) is 5.82 Å². The monoisotopic (exact) mass is 299 g/mol. The fourth-order valence-corrected chi connectivity index (χ4v) is 2.89. The fraction of sp³-hybridized carbons (Fsp3) is 0.462. The van der Waals surface area contributed by atoms with Gasteiger partial charge in [-0.3, -0.25) is 4.79 Å². The quantitative estimate of drug-likeness (QED) is 0.855. The lowest BCUT2D eigenvalue weighted by Gasteiger charge is -2.16.